The number of carbonyl (C=O) groups is 1. The summed E-state index contributed by atoms with van der Waals surface area (Å²) in [5, 5.41) is 0. The van der Waals surface area contributed by atoms with E-state index in [0.717, 1.165) is 28.7 Å². The van der Waals surface area contributed by atoms with Gasteiger partial charge in [-0.15, -0.1) is 0 Å². The molecule has 0 saturated carbocycles. The zero-order valence-corrected chi connectivity index (χ0v) is 17.8. The second-order valence-electron chi connectivity index (χ2n) is 7.02. The molecule has 0 fully saturated rings. The molecule has 31 heavy (non-hydrogen) atoms. The molecular formula is C22H23N3O5S. The van der Waals surface area contributed by atoms with Gasteiger partial charge in [-0.25, -0.2) is 8.42 Å². The SMILES string of the molecule is CS(=O)(=O)NC(=O)CCCn1ccc(-c2ccc(OCc3ccncc3)cc2)cc1=O. The molecule has 1 amide bonds. The first-order valence-electron chi connectivity index (χ1n) is 9.63. The number of aryl methyl sites for hydroxylation is 1. The maximum absolute atomic E-state index is 12.4. The molecule has 0 unspecified atom stereocenters. The van der Waals surface area contributed by atoms with Gasteiger partial charge in [0.05, 0.1) is 6.26 Å². The third-order valence-corrected chi connectivity index (χ3v) is 5.04. The molecular weight excluding hydrogens is 418 g/mol. The lowest BCUT2D eigenvalue weighted by molar-refractivity contribution is -0.119. The van der Waals surface area contributed by atoms with Crippen LogP contribution in [0.15, 0.2) is 71.9 Å². The number of benzene rings is 1. The molecule has 0 saturated heterocycles. The van der Waals surface area contributed by atoms with E-state index in [0.29, 0.717) is 19.6 Å². The molecule has 1 N–H and O–H groups in total. The smallest absolute Gasteiger partial charge is 0.251 e. The summed E-state index contributed by atoms with van der Waals surface area (Å²) in [4.78, 5) is 27.9. The van der Waals surface area contributed by atoms with Crippen LogP contribution in [0.1, 0.15) is 18.4 Å². The summed E-state index contributed by atoms with van der Waals surface area (Å²) in [5.41, 5.74) is 2.49. The van der Waals surface area contributed by atoms with Crippen molar-refractivity contribution < 1.29 is 17.9 Å². The fourth-order valence-electron chi connectivity index (χ4n) is 2.93. The summed E-state index contributed by atoms with van der Waals surface area (Å²) in [6, 6.07) is 14.6. The van der Waals surface area contributed by atoms with Gasteiger partial charge in [-0.2, -0.15) is 0 Å². The van der Waals surface area contributed by atoms with Crippen LogP contribution in [0, 0.1) is 0 Å². The van der Waals surface area contributed by atoms with Crippen LogP contribution in [0.3, 0.4) is 0 Å². The number of hydrogen-bond acceptors (Lipinski definition) is 6. The molecule has 0 radical (unpaired) electrons. The fourth-order valence-corrected chi connectivity index (χ4v) is 3.44. The van der Waals surface area contributed by atoms with Crippen molar-refractivity contribution in [1.29, 1.82) is 0 Å². The molecule has 1 aromatic carbocycles. The Labute approximate surface area is 180 Å². The molecule has 0 aliphatic heterocycles. The van der Waals surface area contributed by atoms with Crippen LogP contribution in [0.5, 0.6) is 5.75 Å². The lowest BCUT2D eigenvalue weighted by Crippen LogP contribution is -2.29. The van der Waals surface area contributed by atoms with Crippen LogP contribution in [0.2, 0.25) is 0 Å². The van der Waals surface area contributed by atoms with Crippen LogP contribution in [0.25, 0.3) is 11.1 Å². The molecule has 0 aliphatic carbocycles. The first kappa shape index (κ1) is 22.2. The minimum absolute atomic E-state index is 0.0161. The van der Waals surface area contributed by atoms with E-state index in [1.54, 1.807) is 18.6 Å². The number of nitrogens with zero attached hydrogens (tertiary/aromatic N) is 2. The summed E-state index contributed by atoms with van der Waals surface area (Å²) in [5.74, 6) is 0.139. The van der Waals surface area contributed by atoms with Crippen LogP contribution in [-0.2, 0) is 28.0 Å². The van der Waals surface area contributed by atoms with Crippen molar-refractivity contribution in [3.05, 3.63) is 83.0 Å². The molecule has 3 aromatic rings. The predicted molar refractivity (Wildman–Crippen MR) is 117 cm³/mol. The highest BCUT2D eigenvalue weighted by atomic mass is 32.2. The maximum Gasteiger partial charge on any atom is 0.251 e. The summed E-state index contributed by atoms with van der Waals surface area (Å²) in [6.45, 7) is 0.762. The fraction of sp³-hybridized carbons (Fsp3) is 0.227. The molecule has 3 rings (SSSR count). The van der Waals surface area contributed by atoms with Crippen molar-refractivity contribution in [3.63, 3.8) is 0 Å². The van der Waals surface area contributed by atoms with Gasteiger partial charge in [-0.1, -0.05) is 12.1 Å². The van der Waals surface area contributed by atoms with Crippen LogP contribution in [-0.4, -0.2) is 30.1 Å². The molecule has 0 spiro atoms. The van der Waals surface area contributed by atoms with E-state index in [4.69, 9.17) is 4.74 Å². The monoisotopic (exact) mass is 441 g/mol. The number of carbonyl (C=O) groups excluding carboxylic acids is 1. The maximum atomic E-state index is 12.4. The predicted octanol–water partition coefficient (Wildman–Crippen LogP) is 2.35. The lowest BCUT2D eigenvalue weighted by atomic mass is 10.1. The highest BCUT2D eigenvalue weighted by molar-refractivity contribution is 7.89. The van der Waals surface area contributed by atoms with Crippen molar-refractivity contribution in [3.8, 4) is 16.9 Å². The van der Waals surface area contributed by atoms with Crippen LogP contribution in [0.4, 0.5) is 0 Å². The van der Waals surface area contributed by atoms with Gasteiger partial charge >= 0.3 is 0 Å². The Kier molecular flexibility index (Phi) is 7.19. The number of aromatic nitrogens is 2. The molecule has 2 heterocycles. The van der Waals surface area contributed by atoms with E-state index in [-0.39, 0.29) is 12.0 Å². The van der Waals surface area contributed by atoms with Gasteiger partial charge in [0, 0.05) is 37.6 Å². The number of sulfonamides is 1. The Bertz CT molecular complexity index is 1190. The van der Waals surface area contributed by atoms with E-state index in [1.165, 1.54) is 10.6 Å². The first-order chi connectivity index (χ1) is 14.8. The van der Waals surface area contributed by atoms with Crippen molar-refractivity contribution in [2.75, 3.05) is 6.26 Å². The number of rotatable bonds is 9. The Hall–Kier alpha value is -3.46. The van der Waals surface area contributed by atoms with Gasteiger partial charge in [0.25, 0.3) is 5.56 Å². The summed E-state index contributed by atoms with van der Waals surface area (Å²) >= 11 is 0. The summed E-state index contributed by atoms with van der Waals surface area (Å²) < 4.78 is 31.2. The zero-order valence-electron chi connectivity index (χ0n) is 17.0. The number of hydrogen-bond donors (Lipinski definition) is 1. The van der Waals surface area contributed by atoms with Gasteiger partial charge in [0.15, 0.2) is 0 Å². The molecule has 9 heteroatoms. The lowest BCUT2D eigenvalue weighted by Gasteiger charge is -2.09. The first-order valence-corrected chi connectivity index (χ1v) is 11.5. The molecule has 2 aromatic heterocycles. The minimum Gasteiger partial charge on any atom is -0.489 e. The quantitative estimate of drug-likeness (QED) is 0.546. The minimum atomic E-state index is -3.56. The largest absolute Gasteiger partial charge is 0.489 e. The highest BCUT2D eigenvalue weighted by Crippen LogP contribution is 2.22. The third kappa shape index (κ3) is 7.07. The number of nitrogens with one attached hydrogen (secondary N) is 1. The van der Waals surface area contributed by atoms with E-state index >= 15 is 0 Å². The van der Waals surface area contributed by atoms with Crippen molar-refractivity contribution in [2.45, 2.75) is 26.0 Å². The zero-order chi connectivity index (χ0) is 22.3. The van der Waals surface area contributed by atoms with Crippen molar-refractivity contribution in [2.24, 2.45) is 0 Å². The Balaban J connectivity index is 1.56. The summed E-state index contributed by atoms with van der Waals surface area (Å²) in [7, 11) is -3.56. The molecule has 162 valence electrons. The van der Waals surface area contributed by atoms with Crippen LogP contribution < -0.4 is 15.0 Å². The Morgan fingerprint density at radius 2 is 1.77 bits per heavy atom. The van der Waals surface area contributed by atoms with Crippen molar-refractivity contribution >= 4 is 15.9 Å². The number of amides is 1. The van der Waals surface area contributed by atoms with Gasteiger partial charge in [0.1, 0.15) is 12.4 Å². The molecule has 0 atom stereocenters. The topological polar surface area (TPSA) is 107 Å². The second kappa shape index (κ2) is 10.0. The normalized spacial score (nSPS) is 11.1. The van der Waals surface area contributed by atoms with Gasteiger partial charge in [0.2, 0.25) is 15.9 Å². The Morgan fingerprint density at radius 1 is 1.06 bits per heavy atom. The highest BCUT2D eigenvalue weighted by Gasteiger charge is 2.08. The third-order valence-electron chi connectivity index (χ3n) is 4.44. The average molecular weight is 442 g/mol. The molecule has 0 bridgehead atoms. The Morgan fingerprint density at radius 3 is 2.42 bits per heavy atom. The van der Waals surface area contributed by atoms with E-state index < -0.39 is 15.9 Å². The second-order valence-corrected chi connectivity index (χ2v) is 8.76. The van der Waals surface area contributed by atoms with E-state index in [9.17, 15) is 18.0 Å². The standard InChI is InChI=1S/C22H23N3O5S/c1-31(28,29)24-21(26)3-2-13-25-14-10-19(15-22(25)27)18-4-6-20(7-5-18)30-16-17-8-11-23-12-9-17/h4-12,14-15H,2-3,13,16H2,1H3,(H,24,26). The van der Waals surface area contributed by atoms with E-state index in [1.807, 2.05) is 47.2 Å². The average Bonchev–Trinajstić information content (AvgIpc) is 2.73. The summed E-state index contributed by atoms with van der Waals surface area (Å²) in [6.07, 6.45) is 6.39. The van der Waals surface area contributed by atoms with Gasteiger partial charge < -0.3 is 9.30 Å². The van der Waals surface area contributed by atoms with Gasteiger partial charge in [-0.05, 0) is 53.4 Å². The van der Waals surface area contributed by atoms with Crippen LogP contribution >= 0.6 is 0 Å². The molecule has 8 nitrogen and oxygen atoms in total. The number of pyridine rings is 2. The molecule has 0 aliphatic rings. The van der Waals surface area contributed by atoms with Gasteiger partial charge in [-0.3, -0.25) is 19.3 Å². The number of ether oxygens (including phenoxy) is 1. The van der Waals surface area contributed by atoms with E-state index in [2.05, 4.69) is 4.98 Å². The van der Waals surface area contributed by atoms with Crippen molar-refractivity contribution in [1.82, 2.24) is 14.3 Å².